The molecular formula is C34H38ClF2N7O5S. The summed E-state index contributed by atoms with van der Waals surface area (Å²) in [6, 6.07) is 3.70. The Kier molecular flexibility index (Phi) is 9.10. The third-order valence-electron chi connectivity index (χ3n) is 9.20. The highest BCUT2D eigenvalue weighted by Gasteiger charge is 2.48. The first-order chi connectivity index (χ1) is 23.8. The summed E-state index contributed by atoms with van der Waals surface area (Å²) in [5.74, 6) is -0.983. The number of benzene rings is 2. The number of nitrogens with one attached hydrogen (secondary N) is 1. The lowest BCUT2D eigenvalue weighted by molar-refractivity contribution is 0.0112. The summed E-state index contributed by atoms with van der Waals surface area (Å²) < 4.78 is 43.7. The van der Waals surface area contributed by atoms with Gasteiger partial charge in [0.1, 0.15) is 28.9 Å². The van der Waals surface area contributed by atoms with Crippen molar-refractivity contribution in [2.75, 3.05) is 42.9 Å². The molecule has 16 heteroatoms. The van der Waals surface area contributed by atoms with Crippen LogP contribution in [0.15, 0.2) is 18.2 Å². The molecule has 50 heavy (non-hydrogen) atoms. The maximum atomic E-state index is 17.0. The average molecular weight is 730 g/mol. The highest BCUT2D eigenvalue weighted by atomic mass is 35.5. The molecule has 0 spiro atoms. The van der Waals surface area contributed by atoms with Gasteiger partial charge < -0.3 is 19.5 Å². The lowest BCUT2D eigenvalue weighted by atomic mass is 9.88. The molecule has 2 aromatic heterocycles. The van der Waals surface area contributed by atoms with Gasteiger partial charge in [0.25, 0.3) is 0 Å². The van der Waals surface area contributed by atoms with E-state index in [1.807, 2.05) is 11.8 Å². The van der Waals surface area contributed by atoms with Crippen LogP contribution >= 0.6 is 22.9 Å². The van der Waals surface area contributed by atoms with E-state index in [4.69, 9.17) is 26.1 Å². The second kappa shape index (κ2) is 13.2. The quantitative estimate of drug-likeness (QED) is 0.199. The summed E-state index contributed by atoms with van der Waals surface area (Å²) in [5.41, 5.74) is -0.557. The molecule has 2 bridgehead atoms. The van der Waals surface area contributed by atoms with Crippen LogP contribution < -0.4 is 15.0 Å². The number of fused-ring (bicyclic) bond motifs is 4. The molecule has 8 rings (SSSR count). The van der Waals surface area contributed by atoms with Crippen molar-refractivity contribution in [3.8, 4) is 17.1 Å². The fourth-order valence-electron chi connectivity index (χ4n) is 7.14. The van der Waals surface area contributed by atoms with Crippen molar-refractivity contribution in [2.45, 2.75) is 77.2 Å². The first-order valence-electron chi connectivity index (χ1n) is 16.7. The van der Waals surface area contributed by atoms with Crippen molar-refractivity contribution in [1.82, 2.24) is 24.8 Å². The molecule has 3 unspecified atom stereocenters. The number of piperidine rings is 2. The molecule has 4 fully saturated rings. The SMILES string of the molecule is CC(CN1CCCCC1)Oc1nc(N2CC3CC(C2)N3C(=O)O)c2cc(Cl)c(-c3ccc(F)c4sc(NC(=O)OC(C)(C)C)nc34)c(F)c2n1. The van der Waals surface area contributed by atoms with Crippen LogP contribution in [-0.4, -0.2) is 98.6 Å². The molecule has 0 radical (unpaired) electrons. The zero-order valence-electron chi connectivity index (χ0n) is 28.1. The van der Waals surface area contributed by atoms with E-state index in [0.29, 0.717) is 30.8 Å². The smallest absolute Gasteiger partial charge is 0.413 e. The molecule has 2 amide bonds. The Bertz CT molecular complexity index is 1970. The number of halogens is 3. The molecule has 3 atom stereocenters. The number of aromatic nitrogens is 3. The number of ether oxygens (including phenoxy) is 2. The molecule has 4 saturated heterocycles. The molecular weight excluding hydrogens is 692 g/mol. The zero-order chi connectivity index (χ0) is 35.5. The summed E-state index contributed by atoms with van der Waals surface area (Å²) in [6.45, 7) is 10.4. The van der Waals surface area contributed by atoms with Crippen LogP contribution in [0.3, 0.4) is 0 Å². The Morgan fingerprint density at radius 3 is 2.50 bits per heavy atom. The third-order valence-corrected chi connectivity index (χ3v) is 10.5. The van der Waals surface area contributed by atoms with E-state index in [2.05, 4.69) is 20.2 Å². The molecule has 4 aliphatic rings. The lowest BCUT2D eigenvalue weighted by Gasteiger charge is -2.55. The van der Waals surface area contributed by atoms with Crippen LogP contribution in [0.1, 0.15) is 53.4 Å². The van der Waals surface area contributed by atoms with Gasteiger partial charge in [-0.3, -0.25) is 15.1 Å². The lowest BCUT2D eigenvalue weighted by Crippen LogP contribution is -2.70. The zero-order valence-corrected chi connectivity index (χ0v) is 29.7. The third kappa shape index (κ3) is 6.70. The van der Waals surface area contributed by atoms with Gasteiger partial charge in [-0.25, -0.2) is 23.4 Å². The number of piperazine rings is 1. The van der Waals surface area contributed by atoms with Gasteiger partial charge in [0.05, 0.1) is 27.3 Å². The Labute approximate surface area is 296 Å². The molecule has 0 aliphatic carbocycles. The van der Waals surface area contributed by atoms with E-state index in [1.54, 1.807) is 26.8 Å². The van der Waals surface area contributed by atoms with E-state index >= 15 is 8.78 Å². The number of anilines is 2. The molecule has 2 N–H and O–H groups in total. The van der Waals surface area contributed by atoms with Gasteiger partial charge in [-0.05, 0) is 78.2 Å². The van der Waals surface area contributed by atoms with Crippen molar-refractivity contribution < 1.29 is 33.0 Å². The van der Waals surface area contributed by atoms with E-state index < -0.39 is 29.4 Å². The fraction of sp³-hybridized carbons (Fsp3) is 0.500. The molecule has 12 nitrogen and oxygen atoms in total. The van der Waals surface area contributed by atoms with Gasteiger partial charge in [0.2, 0.25) is 0 Å². The predicted molar refractivity (Wildman–Crippen MR) is 188 cm³/mol. The number of nitrogens with zero attached hydrogens (tertiary/aromatic N) is 6. The van der Waals surface area contributed by atoms with Crippen molar-refractivity contribution in [3.05, 3.63) is 34.9 Å². The van der Waals surface area contributed by atoms with Crippen molar-refractivity contribution >= 4 is 67.2 Å². The number of carboxylic acid groups (broad SMARTS) is 1. The number of likely N-dealkylation sites (tertiary alicyclic amines) is 1. The summed E-state index contributed by atoms with van der Waals surface area (Å²) in [4.78, 5) is 43.7. The number of thiazole rings is 1. The average Bonchev–Trinajstić information content (AvgIpc) is 3.46. The van der Waals surface area contributed by atoms with Crippen molar-refractivity contribution in [2.24, 2.45) is 0 Å². The molecule has 4 aromatic rings. The molecule has 0 saturated carbocycles. The number of carbonyl (C=O) groups excluding carboxylic acids is 1. The van der Waals surface area contributed by atoms with Gasteiger partial charge in [0.15, 0.2) is 10.9 Å². The van der Waals surface area contributed by atoms with Crippen LogP contribution in [0.5, 0.6) is 6.01 Å². The van der Waals surface area contributed by atoms with Crippen LogP contribution in [0.2, 0.25) is 5.02 Å². The van der Waals surface area contributed by atoms with Gasteiger partial charge in [-0.1, -0.05) is 29.4 Å². The number of carbonyl (C=O) groups is 2. The van der Waals surface area contributed by atoms with Gasteiger partial charge in [-0.2, -0.15) is 9.97 Å². The summed E-state index contributed by atoms with van der Waals surface area (Å²) in [5, 5.41) is 12.6. The fourth-order valence-corrected chi connectivity index (χ4v) is 8.32. The van der Waals surface area contributed by atoms with E-state index in [0.717, 1.165) is 43.7 Å². The Hall–Kier alpha value is -4.08. The van der Waals surface area contributed by atoms with Crippen LogP contribution in [-0.2, 0) is 4.74 Å². The van der Waals surface area contributed by atoms with Gasteiger partial charge in [-0.15, -0.1) is 0 Å². The normalized spacial score (nSPS) is 20.1. The number of amides is 2. The largest absolute Gasteiger partial charge is 0.465 e. The first-order valence-corrected chi connectivity index (χ1v) is 17.9. The van der Waals surface area contributed by atoms with Crippen molar-refractivity contribution in [3.63, 3.8) is 0 Å². The minimum absolute atomic E-state index is 0.0136. The second-order valence-electron chi connectivity index (χ2n) is 14.1. The Morgan fingerprint density at radius 1 is 1.10 bits per heavy atom. The second-order valence-corrected chi connectivity index (χ2v) is 15.5. The van der Waals surface area contributed by atoms with Gasteiger partial charge in [0, 0.05) is 36.1 Å². The molecule has 266 valence electrons. The van der Waals surface area contributed by atoms with Crippen LogP contribution in [0.4, 0.5) is 29.3 Å². The minimum Gasteiger partial charge on any atom is -0.465 e. The number of rotatable bonds is 7. The monoisotopic (exact) mass is 729 g/mol. The topological polar surface area (TPSA) is 133 Å². The van der Waals surface area contributed by atoms with E-state index in [1.165, 1.54) is 23.5 Å². The predicted octanol–water partition coefficient (Wildman–Crippen LogP) is 7.38. The minimum atomic E-state index is -0.968. The highest BCUT2D eigenvalue weighted by molar-refractivity contribution is 7.22. The van der Waals surface area contributed by atoms with E-state index in [-0.39, 0.29) is 61.2 Å². The highest BCUT2D eigenvalue weighted by Crippen LogP contribution is 2.44. The summed E-state index contributed by atoms with van der Waals surface area (Å²) >= 11 is 7.74. The number of hydrogen-bond donors (Lipinski definition) is 2. The summed E-state index contributed by atoms with van der Waals surface area (Å²) in [7, 11) is 0. The van der Waals surface area contributed by atoms with Crippen LogP contribution in [0.25, 0.3) is 32.2 Å². The maximum absolute atomic E-state index is 17.0. The Morgan fingerprint density at radius 2 is 1.82 bits per heavy atom. The first kappa shape index (κ1) is 34.4. The molecule has 4 aliphatic heterocycles. The molecule has 2 aromatic carbocycles. The maximum Gasteiger partial charge on any atom is 0.413 e. The summed E-state index contributed by atoms with van der Waals surface area (Å²) in [6.07, 6.45) is 2.15. The Balaban J connectivity index is 1.30. The van der Waals surface area contributed by atoms with E-state index in [9.17, 15) is 14.7 Å². The van der Waals surface area contributed by atoms with Crippen molar-refractivity contribution in [1.29, 1.82) is 0 Å². The molecule has 6 heterocycles. The number of hydrogen-bond acceptors (Lipinski definition) is 10. The standard InChI is InChI=1S/C34H38ClF2N7O5S/c1-17(14-42-10-6-5-7-11-42)48-30-38-26-21(29(40-30)43-15-18-12-19(16-43)44(18)33(46)47)13-22(35)24(25(26)37)20-8-9-23(36)28-27(20)39-31(50-28)41-32(45)49-34(2,3)4/h8-9,13,17-19H,5-7,10-12,14-16H2,1-4H3,(H,46,47)(H,39,41,45). The van der Waals surface area contributed by atoms with Crippen LogP contribution in [0, 0.1) is 11.6 Å². The van der Waals surface area contributed by atoms with Gasteiger partial charge >= 0.3 is 18.2 Å².